The van der Waals surface area contributed by atoms with Crippen molar-refractivity contribution in [3.8, 4) is 0 Å². The summed E-state index contributed by atoms with van der Waals surface area (Å²) in [4.78, 5) is 0. The van der Waals surface area contributed by atoms with Crippen LogP contribution in [0.4, 0.5) is 4.39 Å². The molecule has 80 valence electrons. The second-order valence-corrected chi connectivity index (χ2v) is 3.19. The number of nitrogens with one attached hydrogen (secondary N) is 2. The Morgan fingerprint density at radius 2 is 2.40 bits per heavy atom. The van der Waals surface area contributed by atoms with Gasteiger partial charge in [-0.2, -0.15) is 5.10 Å². The number of benzene rings is 1. The van der Waals surface area contributed by atoms with Gasteiger partial charge in [0.2, 0.25) is 0 Å². The van der Waals surface area contributed by atoms with E-state index in [0.29, 0.717) is 10.7 Å². The van der Waals surface area contributed by atoms with E-state index >= 15 is 0 Å². The first-order valence-corrected chi connectivity index (χ1v) is 4.95. The molecule has 1 aromatic carbocycles. The Morgan fingerprint density at radius 3 is 3.07 bits per heavy atom. The second-order valence-electron chi connectivity index (χ2n) is 2.78. The van der Waals surface area contributed by atoms with Gasteiger partial charge >= 0.3 is 0 Å². The molecule has 0 saturated carbocycles. The highest BCUT2D eigenvalue weighted by molar-refractivity contribution is 7.80. The van der Waals surface area contributed by atoms with Gasteiger partial charge in [-0.25, -0.2) is 4.39 Å². The number of hydrogen-bond acceptors (Lipinski definition) is 2. The Morgan fingerprint density at radius 1 is 1.60 bits per heavy atom. The van der Waals surface area contributed by atoms with Gasteiger partial charge in [-0.15, -0.1) is 0 Å². The molecule has 5 heteroatoms. The van der Waals surface area contributed by atoms with Crippen molar-refractivity contribution in [2.75, 3.05) is 6.54 Å². The van der Waals surface area contributed by atoms with Crippen LogP contribution in [0.2, 0.25) is 0 Å². The summed E-state index contributed by atoms with van der Waals surface area (Å²) in [7, 11) is 0. The van der Waals surface area contributed by atoms with Crippen LogP contribution in [0.25, 0.3) is 0 Å². The molecule has 0 aliphatic carbocycles. The largest absolute Gasteiger partial charge is 0.362 e. The second kappa shape index (κ2) is 6.08. The molecule has 1 rings (SSSR count). The molecule has 0 spiro atoms. The van der Waals surface area contributed by atoms with Crippen molar-refractivity contribution in [2.45, 2.75) is 6.92 Å². The third-order valence-corrected chi connectivity index (χ3v) is 1.80. The third kappa shape index (κ3) is 4.51. The Balaban J connectivity index is 2.48. The van der Waals surface area contributed by atoms with Crippen molar-refractivity contribution in [1.82, 2.24) is 10.7 Å². The summed E-state index contributed by atoms with van der Waals surface area (Å²) in [5.74, 6) is -0.284. The lowest BCUT2D eigenvalue weighted by atomic mass is 10.2. The lowest BCUT2D eigenvalue weighted by Crippen LogP contribution is -2.31. The summed E-state index contributed by atoms with van der Waals surface area (Å²) in [6, 6.07) is 6.15. The predicted molar refractivity (Wildman–Crippen MR) is 63.4 cm³/mol. The molecule has 2 N–H and O–H groups in total. The Hall–Kier alpha value is -1.49. The molecule has 0 aromatic heterocycles. The van der Waals surface area contributed by atoms with E-state index in [0.717, 1.165) is 6.54 Å². The molecule has 0 bridgehead atoms. The fraction of sp³-hybridized carbons (Fsp3) is 0.200. The molecule has 0 unspecified atom stereocenters. The standard InChI is InChI=1S/C10H12FN3S/c1-2-12-10(15)14-13-7-8-4-3-5-9(11)6-8/h3-7H,2H2,1H3,(H2,12,14,15). The SMILES string of the molecule is CCNC(=S)NN=Cc1cccc(F)c1. The maximum atomic E-state index is 12.8. The van der Waals surface area contributed by atoms with Crippen LogP contribution >= 0.6 is 12.2 Å². The highest BCUT2D eigenvalue weighted by Gasteiger charge is 1.91. The fourth-order valence-corrected chi connectivity index (χ4v) is 1.15. The van der Waals surface area contributed by atoms with Crippen molar-refractivity contribution in [3.63, 3.8) is 0 Å². The number of halogens is 1. The number of rotatable bonds is 3. The monoisotopic (exact) mass is 225 g/mol. The van der Waals surface area contributed by atoms with E-state index in [1.54, 1.807) is 12.1 Å². The van der Waals surface area contributed by atoms with Gasteiger partial charge in [-0.1, -0.05) is 12.1 Å². The smallest absolute Gasteiger partial charge is 0.186 e. The predicted octanol–water partition coefficient (Wildman–Crippen LogP) is 1.64. The summed E-state index contributed by atoms with van der Waals surface area (Å²) in [6.07, 6.45) is 1.51. The topological polar surface area (TPSA) is 36.4 Å². The van der Waals surface area contributed by atoms with Gasteiger partial charge in [-0.3, -0.25) is 5.43 Å². The molecular formula is C10H12FN3S. The van der Waals surface area contributed by atoms with Gasteiger partial charge in [0.25, 0.3) is 0 Å². The minimum absolute atomic E-state index is 0.284. The van der Waals surface area contributed by atoms with Crippen LogP contribution in [0.1, 0.15) is 12.5 Å². The van der Waals surface area contributed by atoms with Crippen LogP contribution in [0.5, 0.6) is 0 Å². The first-order chi connectivity index (χ1) is 7.22. The van der Waals surface area contributed by atoms with E-state index in [-0.39, 0.29) is 5.82 Å². The average Bonchev–Trinajstić information content (AvgIpc) is 2.18. The molecule has 0 saturated heterocycles. The molecular weight excluding hydrogens is 213 g/mol. The molecule has 0 aliphatic rings. The molecule has 0 atom stereocenters. The van der Waals surface area contributed by atoms with Gasteiger partial charge in [-0.05, 0) is 36.8 Å². The lowest BCUT2D eigenvalue weighted by molar-refractivity contribution is 0.627. The Kier molecular flexibility index (Phi) is 4.70. The molecule has 3 nitrogen and oxygen atoms in total. The number of hydrazone groups is 1. The maximum Gasteiger partial charge on any atom is 0.186 e. The number of hydrogen-bond donors (Lipinski definition) is 2. The Labute approximate surface area is 93.4 Å². The van der Waals surface area contributed by atoms with Crippen LogP contribution in [0.15, 0.2) is 29.4 Å². The van der Waals surface area contributed by atoms with E-state index < -0.39 is 0 Å². The molecule has 15 heavy (non-hydrogen) atoms. The minimum Gasteiger partial charge on any atom is -0.362 e. The quantitative estimate of drug-likeness (QED) is 0.466. The van der Waals surface area contributed by atoms with E-state index in [1.165, 1.54) is 18.3 Å². The fourth-order valence-electron chi connectivity index (χ4n) is 0.952. The third-order valence-electron chi connectivity index (χ3n) is 1.57. The highest BCUT2D eigenvalue weighted by Crippen LogP contribution is 1.99. The van der Waals surface area contributed by atoms with E-state index in [4.69, 9.17) is 12.2 Å². The van der Waals surface area contributed by atoms with Crippen LogP contribution in [0.3, 0.4) is 0 Å². The van der Waals surface area contributed by atoms with Crippen LogP contribution < -0.4 is 10.7 Å². The molecule has 1 aromatic rings. The summed E-state index contributed by atoms with van der Waals surface area (Å²) >= 11 is 4.88. The molecule has 0 heterocycles. The zero-order valence-corrected chi connectivity index (χ0v) is 9.14. The first kappa shape index (κ1) is 11.6. The zero-order chi connectivity index (χ0) is 11.1. The van der Waals surface area contributed by atoms with Crippen molar-refractivity contribution in [2.24, 2.45) is 5.10 Å². The number of nitrogens with zero attached hydrogens (tertiary/aromatic N) is 1. The highest BCUT2D eigenvalue weighted by atomic mass is 32.1. The zero-order valence-electron chi connectivity index (χ0n) is 8.33. The van der Waals surface area contributed by atoms with Crippen molar-refractivity contribution >= 4 is 23.5 Å². The molecule has 0 amide bonds. The summed E-state index contributed by atoms with van der Waals surface area (Å²) in [5, 5.41) is 7.18. The summed E-state index contributed by atoms with van der Waals surface area (Å²) < 4.78 is 12.8. The normalized spacial score (nSPS) is 10.3. The summed E-state index contributed by atoms with van der Waals surface area (Å²) in [6.45, 7) is 2.67. The molecule has 0 radical (unpaired) electrons. The van der Waals surface area contributed by atoms with E-state index in [1.807, 2.05) is 6.92 Å². The van der Waals surface area contributed by atoms with Crippen molar-refractivity contribution < 1.29 is 4.39 Å². The minimum atomic E-state index is -0.284. The van der Waals surface area contributed by atoms with Crippen LogP contribution in [-0.2, 0) is 0 Å². The average molecular weight is 225 g/mol. The van der Waals surface area contributed by atoms with Gasteiger partial charge in [0, 0.05) is 6.54 Å². The summed E-state index contributed by atoms with van der Waals surface area (Å²) in [5.41, 5.74) is 3.30. The van der Waals surface area contributed by atoms with E-state index in [9.17, 15) is 4.39 Å². The van der Waals surface area contributed by atoms with E-state index in [2.05, 4.69) is 15.8 Å². The van der Waals surface area contributed by atoms with Gasteiger partial charge in [0.1, 0.15) is 5.82 Å². The molecule has 0 aliphatic heterocycles. The Bertz CT molecular complexity index is 365. The van der Waals surface area contributed by atoms with Crippen molar-refractivity contribution in [1.29, 1.82) is 0 Å². The van der Waals surface area contributed by atoms with Gasteiger partial charge < -0.3 is 5.32 Å². The van der Waals surface area contributed by atoms with Gasteiger partial charge in [0.15, 0.2) is 5.11 Å². The van der Waals surface area contributed by atoms with Crippen molar-refractivity contribution in [3.05, 3.63) is 35.6 Å². The maximum absolute atomic E-state index is 12.8. The van der Waals surface area contributed by atoms with Gasteiger partial charge in [0.05, 0.1) is 6.21 Å². The van der Waals surface area contributed by atoms with Crippen LogP contribution in [-0.4, -0.2) is 17.9 Å². The first-order valence-electron chi connectivity index (χ1n) is 4.55. The number of thiocarbonyl (C=S) groups is 1. The van der Waals surface area contributed by atoms with Crippen LogP contribution in [0, 0.1) is 5.82 Å². The lowest BCUT2D eigenvalue weighted by Gasteiger charge is -2.02. The molecule has 0 fully saturated rings.